The number of fused-ring (bicyclic) bond motifs is 1. The van der Waals surface area contributed by atoms with Crippen molar-refractivity contribution in [2.75, 3.05) is 43.9 Å². The zero-order chi connectivity index (χ0) is 24.3. The van der Waals surface area contributed by atoms with E-state index in [1.165, 1.54) is 12.0 Å². The molecule has 0 fully saturated rings. The lowest BCUT2D eigenvalue weighted by molar-refractivity contribution is -0.138. The predicted molar refractivity (Wildman–Crippen MR) is 133 cm³/mol. The molecule has 1 aliphatic heterocycles. The minimum Gasteiger partial charge on any atom is -0.480 e. The molecule has 0 saturated carbocycles. The summed E-state index contributed by atoms with van der Waals surface area (Å²) in [4.78, 5) is 27.3. The van der Waals surface area contributed by atoms with Crippen molar-refractivity contribution in [2.45, 2.75) is 64.5 Å². The van der Waals surface area contributed by atoms with Crippen LogP contribution in [0.3, 0.4) is 0 Å². The Hall–Kier alpha value is -2.78. The molecule has 0 aromatic carbocycles. The van der Waals surface area contributed by atoms with E-state index < -0.39 is 12.0 Å². The molecule has 1 aliphatic rings. The quantitative estimate of drug-likeness (QED) is 0.358. The average molecular weight is 471 g/mol. The van der Waals surface area contributed by atoms with E-state index in [-0.39, 0.29) is 6.10 Å². The molecule has 0 saturated heterocycles. The second-order valence-electron chi connectivity index (χ2n) is 9.01. The SMILES string of the molecule is CO[C@H](C)CN(CCCCc1ccc2c(n1)NCCC2)CCC(Nc1cncc(C)n1)C(=O)O. The fraction of sp³-hybridized carbons (Fsp3) is 0.600. The van der Waals surface area contributed by atoms with Crippen molar-refractivity contribution in [3.63, 3.8) is 0 Å². The molecule has 34 heavy (non-hydrogen) atoms. The molecule has 2 atom stereocenters. The third-order valence-electron chi connectivity index (χ3n) is 6.14. The van der Waals surface area contributed by atoms with Gasteiger partial charge in [0.25, 0.3) is 0 Å². The zero-order valence-corrected chi connectivity index (χ0v) is 20.6. The molecule has 3 rings (SSSR count). The van der Waals surface area contributed by atoms with Gasteiger partial charge in [-0.2, -0.15) is 0 Å². The number of aryl methyl sites for hydroxylation is 3. The lowest BCUT2D eigenvalue weighted by atomic mass is 10.1. The van der Waals surface area contributed by atoms with Gasteiger partial charge in [-0.1, -0.05) is 6.07 Å². The van der Waals surface area contributed by atoms with Gasteiger partial charge < -0.3 is 25.4 Å². The minimum atomic E-state index is -0.893. The van der Waals surface area contributed by atoms with Crippen LogP contribution in [0.4, 0.5) is 11.6 Å². The van der Waals surface area contributed by atoms with Crippen LogP contribution in [0.5, 0.6) is 0 Å². The predicted octanol–water partition coefficient (Wildman–Crippen LogP) is 3.15. The van der Waals surface area contributed by atoms with E-state index in [4.69, 9.17) is 9.72 Å². The zero-order valence-electron chi connectivity index (χ0n) is 20.6. The van der Waals surface area contributed by atoms with Crippen LogP contribution in [-0.2, 0) is 22.4 Å². The summed E-state index contributed by atoms with van der Waals surface area (Å²) >= 11 is 0. The number of carbonyl (C=O) groups is 1. The van der Waals surface area contributed by atoms with E-state index in [1.807, 2.05) is 13.8 Å². The Morgan fingerprint density at radius 2 is 2.12 bits per heavy atom. The summed E-state index contributed by atoms with van der Waals surface area (Å²) in [5.74, 6) is 0.635. The number of hydrogen-bond donors (Lipinski definition) is 3. The summed E-state index contributed by atoms with van der Waals surface area (Å²) in [5.41, 5.74) is 3.18. The normalized spacial score (nSPS) is 14.8. The van der Waals surface area contributed by atoms with Crippen molar-refractivity contribution in [3.8, 4) is 0 Å². The lowest BCUT2D eigenvalue weighted by Gasteiger charge is -2.26. The first kappa shape index (κ1) is 25.8. The Morgan fingerprint density at radius 1 is 1.26 bits per heavy atom. The molecule has 9 nitrogen and oxygen atoms in total. The number of pyridine rings is 1. The standard InChI is InChI=1S/C25H38N6O3/c1-18-15-26-16-23(28-18)30-22(25(32)33)11-14-31(17-19(2)34-3)13-5-4-8-21-10-9-20-7-6-12-27-24(20)29-21/h9-10,15-16,19,22H,4-8,11-14,17H2,1-3H3,(H,27,29)(H,28,30)(H,32,33)/t19-,22?/m1/s1. The van der Waals surface area contributed by atoms with Crippen LogP contribution in [0.1, 0.15) is 49.6 Å². The van der Waals surface area contributed by atoms with Gasteiger partial charge in [0.15, 0.2) is 0 Å². The van der Waals surface area contributed by atoms with Crippen molar-refractivity contribution in [1.82, 2.24) is 19.9 Å². The summed E-state index contributed by atoms with van der Waals surface area (Å²) in [7, 11) is 1.71. The minimum absolute atomic E-state index is 0.0762. The Kier molecular flexibility index (Phi) is 10.0. The van der Waals surface area contributed by atoms with Gasteiger partial charge in [0, 0.05) is 38.6 Å². The van der Waals surface area contributed by atoms with Crippen molar-refractivity contribution in [2.24, 2.45) is 0 Å². The summed E-state index contributed by atoms with van der Waals surface area (Å²) in [6.07, 6.45) is 8.98. The number of methoxy groups -OCH3 is 1. The van der Waals surface area contributed by atoms with Crippen molar-refractivity contribution in [1.29, 1.82) is 0 Å². The fourth-order valence-corrected chi connectivity index (χ4v) is 4.16. The van der Waals surface area contributed by atoms with Crippen LogP contribution in [0.25, 0.3) is 0 Å². The Balaban J connectivity index is 1.50. The average Bonchev–Trinajstić information content (AvgIpc) is 2.83. The number of aromatic nitrogens is 3. The summed E-state index contributed by atoms with van der Waals surface area (Å²) < 4.78 is 5.46. The third kappa shape index (κ3) is 8.22. The van der Waals surface area contributed by atoms with Crippen LogP contribution in [0, 0.1) is 6.92 Å². The van der Waals surface area contributed by atoms with E-state index >= 15 is 0 Å². The van der Waals surface area contributed by atoms with E-state index in [1.54, 1.807) is 19.5 Å². The molecular weight excluding hydrogens is 432 g/mol. The summed E-state index contributed by atoms with van der Waals surface area (Å²) in [6, 6.07) is 3.62. The van der Waals surface area contributed by atoms with Gasteiger partial charge >= 0.3 is 5.97 Å². The van der Waals surface area contributed by atoms with Crippen LogP contribution < -0.4 is 10.6 Å². The molecule has 2 aromatic rings. The molecule has 0 spiro atoms. The first-order valence-electron chi connectivity index (χ1n) is 12.2. The molecule has 1 unspecified atom stereocenters. The summed E-state index contributed by atoms with van der Waals surface area (Å²) in [6.45, 7) is 7.16. The van der Waals surface area contributed by atoms with Crippen LogP contribution in [-0.4, -0.2) is 76.4 Å². The number of nitrogens with one attached hydrogen (secondary N) is 2. The number of hydrogen-bond acceptors (Lipinski definition) is 8. The third-order valence-corrected chi connectivity index (χ3v) is 6.14. The Labute approximate surface area is 202 Å². The maximum absolute atomic E-state index is 11.8. The number of aliphatic carboxylic acids is 1. The highest BCUT2D eigenvalue weighted by molar-refractivity contribution is 5.76. The van der Waals surface area contributed by atoms with Gasteiger partial charge in [-0.15, -0.1) is 0 Å². The van der Waals surface area contributed by atoms with Crippen LogP contribution >= 0.6 is 0 Å². The number of carboxylic acids is 1. The fourth-order valence-electron chi connectivity index (χ4n) is 4.16. The van der Waals surface area contributed by atoms with Gasteiger partial charge in [0.05, 0.1) is 18.0 Å². The van der Waals surface area contributed by atoms with Crippen LogP contribution in [0.2, 0.25) is 0 Å². The maximum Gasteiger partial charge on any atom is 0.326 e. The molecule has 2 aromatic heterocycles. The number of carboxylic acid groups (broad SMARTS) is 1. The van der Waals surface area contributed by atoms with E-state index in [2.05, 4.69) is 37.6 Å². The molecular formula is C25H38N6O3. The first-order chi connectivity index (χ1) is 16.4. The smallest absolute Gasteiger partial charge is 0.326 e. The van der Waals surface area contributed by atoms with E-state index in [0.717, 1.165) is 62.5 Å². The van der Waals surface area contributed by atoms with Gasteiger partial charge in [0.1, 0.15) is 17.7 Å². The molecule has 9 heteroatoms. The van der Waals surface area contributed by atoms with Crippen molar-refractivity contribution < 1.29 is 14.6 Å². The molecule has 0 radical (unpaired) electrons. The molecule has 186 valence electrons. The van der Waals surface area contributed by atoms with Gasteiger partial charge in [-0.3, -0.25) is 4.98 Å². The monoisotopic (exact) mass is 470 g/mol. The molecule has 3 heterocycles. The summed E-state index contributed by atoms with van der Waals surface area (Å²) in [5, 5.41) is 16.1. The highest BCUT2D eigenvalue weighted by atomic mass is 16.5. The van der Waals surface area contributed by atoms with Crippen molar-refractivity contribution in [3.05, 3.63) is 41.5 Å². The van der Waals surface area contributed by atoms with Gasteiger partial charge in [-0.25, -0.2) is 14.8 Å². The highest BCUT2D eigenvalue weighted by Crippen LogP contribution is 2.20. The number of rotatable bonds is 14. The highest BCUT2D eigenvalue weighted by Gasteiger charge is 2.20. The Bertz CT molecular complexity index is 925. The second-order valence-corrected chi connectivity index (χ2v) is 9.01. The Morgan fingerprint density at radius 3 is 2.88 bits per heavy atom. The number of anilines is 2. The number of nitrogens with zero attached hydrogens (tertiary/aromatic N) is 4. The molecule has 3 N–H and O–H groups in total. The number of unbranched alkanes of at least 4 members (excludes halogenated alkanes) is 1. The van der Waals surface area contributed by atoms with Gasteiger partial charge in [-0.05, 0) is 70.5 Å². The molecule has 0 amide bonds. The van der Waals surface area contributed by atoms with Crippen LogP contribution in [0.15, 0.2) is 24.5 Å². The van der Waals surface area contributed by atoms with E-state index in [9.17, 15) is 9.90 Å². The lowest BCUT2D eigenvalue weighted by Crippen LogP contribution is -2.38. The first-order valence-corrected chi connectivity index (χ1v) is 12.2. The second kappa shape index (κ2) is 13.2. The van der Waals surface area contributed by atoms with Gasteiger partial charge in [0.2, 0.25) is 0 Å². The topological polar surface area (TPSA) is 113 Å². The maximum atomic E-state index is 11.8. The van der Waals surface area contributed by atoms with Crippen molar-refractivity contribution >= 4 is 17.6 Å². The molecule has 0 bridgehead atoms. The largest absolute Gasteiger partial charge is 0.480 e. The number of ether oxygens (including phenoxy) is 1. The molecule has 0 aliphatic carbocycles. The van der Waals surface area contributed by atoms with E-state index in [0.29, 0.717) is 18.8 Å².